The molecule has 2 aromatic heterocycles. The molecule has 2 aliphatic heterocycles. The fourth-order valence-electron chi connectivity index (χ4n) is 9.44. The van der Waals surface area contributed by atoms with Crippen LogP contribution in [0.25, 0.3) is 33.6 Å². The first kappa shape index (κ1) is 40.0. The number of likely N-dealkylation sites (tertiary alicyclic amines) is 2. The third-order valence-corrected chi connectivity index (χ3v) is 12.6. The lowest BCUT2D eigenvalue weighted by Crippen LogP contribution is -2.44. The van der Waals surface area contributed by atoms with Gasteiger partial charge in [-0.05, 0) is 85.9 Å². The summed E-state index contributed by atoms with van der Waals surface area (Å²) in [6, 6.07) is 26.5. The Kier molecular flexibility index (Phi) is 12.2. The Labute approximate surface area is 346 Å². The zero-order valence-electron chi connectivity index (χ0n) is 34.4. The third kappa shape index (κ3) is 8.41. The van der Waals surface area contributed by atoms with Crippen LogP contribution >= 0.6 is 0 Å². The van der Waals surface area contributed by atoms with Crippen molar-refractivity contribution in [1.82, 2.24) is 40.0 Å². The standard InChI is InChI=1S/C47H56N8O4/c1-4-53(5-2)42(35-13-7-6-8-14-35)46(57)55-28-12-17-40(55)44-50-30-38(52-44)34-25-21-32(22-26-34)31-19-23-33(24-20-31)37-29-49-43(51-37)39-16-11-27-54(39)45(56)36-15-9-10-18-41(36)59-47(58)48-3/h6-8,13-14,19-26,29-30,36,39-42H,4-5,9-12,15-18,27-28H2,1-3H3,(H,48,58)(H,49,51)(H,50,52)/t36?,39-,40-,41?,42+/m0/s1. The molecule has 4 heterocycles. The zero-order valence-corrected chi connectivity index (χ0v) is 34.4. The lowest BCUT2D eigenvalue weighted by molar-refractivity contribution is -0.142. The molecule has 5 atom stereocenters. The number of nitrogens with one attached hydrogen (secondary N) is 3. The fraction of sp³-hybridized carbons (Fsp3) is 0.426. The summed E-state index contributed by atoms with van der Waals surface area (Å²) in [7, 11) is 1.54. The average Bonchev–Trinajstić information content (AvgIpc) is 4.13. The molecule has 1 saturated carbocycles. The second-order valence-corrected chi connectivity index (χ2v) is 16.0. The number of H-pyrrole nitrogens is 2. The number of aromatic amines is 2. The molecule has 0 spiro atoms. The highest BCUT2D eigenvalue weighted by molar-refractivity contribution is 5.84. The highest BCUT2D eigenvalue weighted by Crippen LogP contribution is 2.38. The van der Waals surface area contributed by atoms with Crippen molar-refractivity contribution in [3.8, 4) is 33.6 Å². The van der Waals surface area contributed by atoms with Crippen molar-refractivity contribution in [2.75, 3.05) is 33.2 Å². The predicted octanol–water partition coefficient (Wildman–Crippen LogP) is 8.46. The maximum atomic E-state index is 14.2. The van der Waals surface area contributed by atoms with Crippen LogP contribution in [0.5, 0.6) is 0 Å². The summed E-state index contributed by atoms with van der Waals surface area (Å²) < 4.78 is 5.62. The molecule has 3 aliphatic rings. The second kappa shape index (κ2) is 18.0. The lowest BCUT2D eigenvalue weighted by Gasteiger charge is -2.34. The Morgan fingerprint density at radius 3 is 1.80 bits per heavy atom. The van der Waals surface area contributed by atoms with Crippen LogP contribution in [0, 0.1) is 5.92 Å². The molecule has 2 saturated heterocycles. The number of aromatic nitrogens is 4. The lowest BCUT2D eigenvalue weighted by atomic mass is 9.85. The number of likely N-dealkylation sites (N-methyl/N-ethyl adjacent to an activating group) is 1. The van der Waals surface area contributed by atoms with Gasteiger partial charge in [0.1, 0.15) is 23.8 Å². The number of rotatable bonds is 12. The third-order valence-electron chi connectivity index (χ3n) is 12.6. The molecule has 8 rings (SSSR count). The number of ether oxygens (including phenoxy) is 1. The van der Waals surface area contributed by atoms with Crippen LogP contribution in [0.1, 0.15) is 101 Å². The van der Waals surface area contributed by atoms with E-state index in [9.17, 15) is 14.4 Å². The summed E-state index contributed by atoms with van der Waals surface area (Å²) in [4.78, 5) is 62.9. The summed E-state index contributed by atoms with van der Waals surface area (Å²) in [5.41, 5.74) is 7.11. The van der Waals surface area contributed by atoms with E-state index >= 15 is 0 Å². The molecule has 3 aromatic carbocycles. The van der Waals surface area contributed by atoms with E-state index in [4.69, 9.17) is 14.7 Å². The molecule has 12 heteroatoms. The fourth-order valence-corrected chi connectivity index (χ4v) is 9.44. The second-order valence-electron chi connectivity index (χ2n) is 16.0. The van der Waals surface area contributed by atoms with Gasteiger partial charge in [-0.1, -0.05) is 99.1 Å². The molecule has 1 aliphatic carbocycles. The van der Waals surface area contributed by atoms with Gasteiger partial charge in [-0.2, -0.15) is 0 Å². The number of amides is 3. The Hall–Kier alpha value is -5.75. The number of imidazole rings is 2. The number of carbonyl (C=O) groups is 3. The molecule has 3 fully saturated rings. The van der Waals surface area contributed by atoms with E-state index in [0.717, 1.165) is 115 Å². The molecule has 0 radical (unpaired) electrons. The van der Waals surface area contributed by atoms with E-state index in [1.54, 1.807) is 7.05 Å². The number of nitrogens with zero attached hydrogens (tertiary/aromatic N) is 5. The van der Waals surface area contributed by atoms with Gasteiger partial charge in [0.05, 0.1) is 41.8 Å². The van der Waals surface area contributed by atoms with Crippen LogP contribution in [-0.4, -0.2) is 91.9 Å². The summed E-state index contributed by atoms with van der Waals surface area (Å²) in [5, 5.41) is 2.52. The normalized spacial score (nSPS) is 21.2. The summed E-state index contributed by atoms with van der Waals surface area (Å²) in [6.07, 6.45) is 9.75. The molecule has 59 heavy (non-hydrogen) atoms. The number of hydrogen-bond donors (Lipinski definition) is 3. The Bertz CT molecular complexity index is 2200. The predicted molar refractivity (Wildman–Crippen MR) is 228 cm³/mol. The van der Waals surface area contributed by atoms with Crippen LogP contribution in [0.2, 0.25) is 0 Å². The van der Waals surface area contributed by atoms with Gasteiger partial charge in [-0.25, -0.2) is 14.8 Å². The first-order chi connectivity index (χ1) is 28.9. The summed E-state index contributed by atoms with van der Waals surface area (Å²) >= 11 is 0. The minimum atomic E-state index is -0.486. The molecule has 2 unspecified atom stereocenters. The van der Waals surface area contributed by atoms with Crippen molar-refractivity contribution < 1.29 is 19.1 Å². The van der Waals surface area contributed by atoms with Crippen molar-refractivity contribution in [3.05, 3.63) is 108 Å². The Morgan fingerprint density at radius 2 is 1.24 bits per heavy atom. The van der Waals surface area contributed by atoms with Gasteiger partial charge in [0.25, 0.3) is 0 Å². The van der Waals surface area contributed by atoms with Gasteiger partial charge in [0.15, 0.2) is 0 Å². The van der Waals surface area contributed by atoms with E-state index < -0.39 is 12.2 Å². The van der Waals surface area contributed by atoms with E-state index in [-0.39, 0.29) is 35.9 Å². The number of hydrogen-bond acceptors (Lipinski definition) is 7. The monoisotopic (exact) mass is 796 g/mol. The van der Waals surface area contributed by atoms with Crippen molar-refractivity contribution in [3.63, 3.8) is 0 Å². The van der Waals surface area contributed by atoms with Crippen molar-refractivity contribution >= 4 is 17.9 Å². The topological polar surface area (TPSA) is 140 Å². The average molecular weight is 797 g/mol. The maximum absolute atomic E-state index is 14.2. The largest absolute Gasteiger partial charge is 0.445 e. The number of alkyl carbamates (subject to hydrolysis) is 1. The van der Waals surface area contributed by atoms with Crippen LogP contribution in [0.3, 0.4) is 0 Å². The first-order valence-electron chi connectivity index (χ1n) is 21.5. The van der Waals surface area contributed by atoms with Gasteiger partial charge in [-0.3, -0.25) is 14.5 Å². The van der Waals surface area contributed by atoms with Crippen molar-refractivity contribution in [2.24, 2.45) is 5.92 Å². The molecular formula is C47H56N8O4. The van der Waals surface area contributed by atoms with Crippen LogP contribution in [0.4, 0.5) is 4.79 Å². The Balaban J connectivity index is 0.919. The van der Waals surface area contributed by atoms with E-state index in [1.807, 2.05) is 40.4 Å². The molecule has 308 valence electrons. The van der Waals surface area contributed by atoms with Gasteiger partial charge in [-0.15, -0.1) is 0 Å². The van der Waals surface area contributed by atoms with Crippen LogP contribution < -0.4 is 5.32 Å². The molecule has 12 nitrogen and oxygen atoms in total. The number of carbonyl (C=O) groups excluding carboxylic acids is 3. The van der Waals surface area contributed by atoms with Gasteiger partial charge < -0.3 is 29.8 Å². The van der Waals surface area contributed by atoms with Gasteiger partial charge in [0.2, 0.25) is 11.8 Å². The van der Waals surface area contributed by atoms with Crippen molar-refractivity contribution in [1.29, 1.82) is 0 Å². The molecule has 5 aromatic rings. The van der Waals surface area contributed by atoms with Crippen LogP contribution in [-0.2, 0) is 14.3 Å². The highest BCUT2D eigenvalue weighted by atomic mass is 16.6. The van der Waals surface area contributed by atoms with E-state index in [2.05, 4.69) is 94.7 Å². The minimum Gasteiger partial charge on any atom is -0.445 e. The maximum Gasteiger partial charge on any atom is 0.407 e. The van der Waals surface area contributed by atoms with E-state index in [0.29, 0.717) is 13.0 Å². The highest BCUT2D eigenvalue weighted by Gasteiger charge is 2.41. The van der Waals surface area contributed by atoms with Crippen molar-refractivity contribution in [2.45, 2.75) is 89.4 Å². The molecule has 3 N–H and O–H groups in total. The Morgan fingerprint density at radius 1 is 0.712 bits per heavy atom. The summed E-state index contributed by atoms with van der Waals surface area (Å²) in [5.74, 6) is 1.48. The molecule has 3 amide bonds. The molecule has 0 bridgehead atoms. The summed E-state index contributed by atoms with van der Waals surface area (Å²) in [6.45, 7) is 7.21. The van der Waals surface area contributed by atoms with Gasteiger partial charge >= 0.3 is 6.09 Å². The quantitative estimate of drug-likeness (QED) is 0.115. The zero-order chi connectivity index (χ0) is 40.9. The minimum absolute atomic E-state index is 0.0537. The number of benzene rings is 3. The smallest absolute Gasteiger partial charge is 0.407 e. The molecular weight excluding hydrogens is 741 g/mol. The SMILES string of the molecule is CCN(CC)[C@@H](C(=O)N1CCC[C@H]1c1ncc(-c2ccc(-c3ccc(-c4cnc([C@@H]5CCCN5C(=O)C5CCCCC5OC(=O)NC)[nH]4)cc3)cc2)[nH]1)c1ccccc1. The van der Waals surface area contributed by atoms with Crippen LogP contribution in [0.15, 0.2) is 91.3 Å². The van der Waals surface area contributed by atoms with E-state index in [1.165, 1.54) is 0 Å². The first-order valence-corrected chi connectivity index (χ1v) is 21.5. The van der Waals surface area contributed by atoms with Gasteiger partial charge in [0, 0.05) is 20.1 Å².